The van der Waals surface area contributed by atoms with E-state index in [4.69, 9.17) is 15.5 Å². The van der Waals surface area contributed by atoms with Gasteiger partial charge in [-0.3, -0.25) is 0 Å². The summed E-state index contributed by atoms with van der Waals surface area (Å²) >= 11 is 1.81. The van der Waals surface area contributed by atoms with E-state index in [9.17, 15) is 0 Å². The predicted molar refractivity (Wildman–Crippen MR) is 75.4 cm³/mol. The van der Waals surface area contributed by atoms with Gasteiger partial charge >= 0.3 is 0 Å². The lowest BCUT2D eigenvalue weighted by atomic mass is 10.3. The van der Waals surface area contributed by atoms with E-state index in [1.807, 2.05) is 17.4 Å². The first kappa shape index (κ1) is 11.9. The molecular weight excluding hydrogens is 244 g/mol. The molecule has 0 unspecified atom stereocenters. The molecule has 4 heteroatoms. The number of nitrogens with zero attached hydrogens (tertiary/aromatic N) is 1. The van der Waals surface area contributed by atoms with Crippen molar-refractivity contribution in [2.45, 2.75) is 31.6 Å². The van der Waals surface area contributed by atoms with Gasteiger partial charge in [0.25, 0.3) is 0 Å². The molecule has 0 spiro atoms. The van der Waals surface area contributed by atoms with Crippen molar-refractivity contribution in [1.29, 1.82) is 0 Å². The molecule has 1 aromatic heterocycles. The molecule has 2 N–H and O–H groups in total. The zero-order valence-electron chi connectivity index (χ0n) is 10.4. The number of nitrogens with two attached hydrogens (primary N) is 1. The highest BCUT2D eigenvalue weighted by Crippen LogP contribution is 2.44. The number of thiazole rings is 1. The van der Waals surface area contributed by atoms with Gasteiger partial charge in [0.1, 0.15) is 11.3 Å². The lowest BCUT2D eigenvalue weighted by molar-refractivity contribution is 0.311. The van der Waals surface area contributed by atoms with E-state index in [2.05, 4.69) is 12.1 Å². The first-order chi connectivity index (χ1) is 8.88. The summed E-state index contributed by atoms with van der Waals surface area (Å²) in [7, 11) is 0. The predicted octanol–water partition coefficient (Wildman–Crippen LogP) is 3.29. The van der Waals surface area contributed by atoms with Crippen molar-refractivity contribution >= 4 is 21.6 Å². The van der Waals surface area contributed by atoms with E-state index in [-0.39, 0.29) is 0 Å². The normalized spacial score (nSPS) is 15.2. The van der Waals surface area contributed by atoms with E-state index in [0.29, 0.717) is 5.92 Å². The quantitative estimate of drug-likeness (QED) is 0.813. The summed E-state index contributed by atoms with van der Waals surface area (Å²) in [6, 6.07) is 6.20. The second-order valence-corrected chi connectivity index (χ2v) is 5.84. The van der Waals surface area contributed by atoms with E-state index >= 15 is 0 Å². The summed E-state index contributed by atoms with van der Waals surface area (Å²) in [6.45, 7) is 1.46. The van der Waals surface area contributed by atoms with Crippen molar-refractivity contribution < 1.29 is 4.74 Å². The van der Waals surface area contributed by atoms with Gasteiger partial charge in [0.15, 0.2) is 0 Å². The molecule has 18 heavy (non-hydrogen) atoms. The smallest absolute Gasteiger partial charge is 0.146 e. The van der Waals surface area contributed by atoms with Gasteiger partial charge in [-0.2, -0.15) is 0 Å². The van der Waals surface area contributed by atoms with Gasteiger partial charge in [-0.15, -0.1) is 11.3 Å². The molecule has 3 nitrogen and oxygen atoms in total. The lowest BCUT2D eigenvalue weighted by Crippen LogP contribution is -2.03. The van der Waals surface area contributed by atoms with E-state index < -0.39 is 0 Å². The fraction of sp³-hybridized carbons (Fsp3) is 0.500. The number of fused-ring (bicyclic) bond motifs is 1. The number of benzene rings is 1. The van der Waals surface area contributed by atoms with Crippen molar-refractivity contribution in [3.05, 3.63) is 23.2 Å². The van der Waals surface area contributed by atoms with Crippen LogP contribution < -0.4 is 10.5 Å². The maximum atomic E-state index is 5.82. The average Bonchev–Trinajstić information content (AvgIpc) is 3.14. The molecule has 96 valence electrons. The third-order valence-electron chi connectivity index (χ3n) is 3.18. The van der Waals surface area contributed by atoms with Crippen LogP contribution in [0.2, 0.25) is 0 Å². The van der Waals surface area contributed by atoms with Crippen molar-refractivity contribution in [3.8, 4) is 5.75 Å². The Morgan fingerprint density at radius 3 is 3.00 bits per heavy atom. The molecule has 1 heterocycles. The number of aromatic nitrogens is 1. The van der Waals surface area contributed by atoms with Gasteiger partial charge in [0, 0.05) is 5.92 Å². The minimum Gasteiger partial charge on any atom is -0.491 e. The number of hydrogen-bond acceptors (Lipinski definition) is 4. The van der Waals surface area contributed by atoms with Gasteiger partial charge in [0.05, 0.1) is 16.3 Å². The van der Waals surface area contributed by atoms with E-state index in [0.717, 1.165) is 37.3 Å². The fourth-order valence-electron chi connectivity index (χ4n) is 1.99. The van der Waals surface area contributed by atoms with E-state index in [1.165, 1.54) is 22.5 Å². The Kier molecular flexibility index (Phi) is 3.48. The molecule has 0 bridgehead atoms. The SMILES string of the molecule is NCCCCOc1cccc2sc(C3CC3)nc12. The minimum atomic E-state index is 0.715. The van der Waals surface area contributed by atoms with Crippen LogP contribution in [0.3, 0.4) is 0 Å². The molecule has 0 aliphatic heterocycles. The molecule has 1 aromatic carbocycles. The molecule has 1 aliphatic rings. The molecule has 0 radical (unpaired) electrons. The Bertz CT molecular complexity index is 534. The Hall–Kier alpha value is -1.13. The second kappa shape index (κ2) is 5.24. The third-order valence-corrected chi connectivity index (χ3v) is 4.36. The van der Waals surface area contributed by atoms with Crippen LogP contribution in [-0.2, 0) is 0 Å². The van der Waals surface area contributed by atoms with Gasteiger partial charge in [-0.05, 0) is 44.4 Å². The van der Waals surface area contributed by atoms with Gasteiger partial charge in [0.2, 0.25) is 0 Å². The van der Waals surface area contributed by atoms with Crippen LogP contribution in [0.1, 0.15) is 36.6 Å². The first-order valence-corrected chi connectivity index (χ1v) is 7.42. The highest BCUT2D eigenvalue weighted by molar-refractivity contribution is 7.18. The maximum Gasteiger partial charge on any atom is 0.146 e. The second-order valence-electron chi connectivity index (χ2n) is 4.77. The summed E-state index contributed by atoms with van der Waals surface area (Å²) in [5, 5.41) is 1.28. The van der Waals surface area contributed by atoms with Crippen LogP contribution >= 0.6 is 11.3 Å². The molecule has 0 amide bonds. The van der Waals surface area contributed by atoms with Gasteiger partial charge < -0.3 is 10.5 Å². The number of hydrogen-bond donors (Lipinski definition) is 1. The summed E-state index contributed by atoms with van der Waals surface area (Å²) in [4.78, 5) is 4.74. The zero-order valence-corrected chi connectivity index (χ0v) is 11.2. The molecule has 1 fully saturated rings. The fourth-order valence-corrected chi connectivity index (χ4v) is 3.14. The Balaban J connectivity index is 1.77. The molecular formula is C14H18N2OS. The van der Waals surface area contributed by atoms with Crippen LogP contribution in [0, 0.1) is 0 Å². The topological polar surface area (TPSA) is 48.1 Å². The van der Waals surface area contributed by atoms with Crippen LogP contribution in [0.5, 0.6) is 5.75 Å². The number of unbranched alkanes of at least 4 members (excludes halogenated alkanes) is 1. The Morgan fingerprint density at radius 2 is 2.22 bits per heavy atom. The van der Waals surface area contributed by atoms with Gasteiger partial charge in [-0.1, -0.05) is 6.07 Å². The van der Waals surface area contributed by atoms with Crippen molar-refractivity contribution in [2.75, 3.05) is 13.2 Å². The Labute approximate surface area is 111 Å². The largest absolute Gasteiger partial charge is 0.491 e. The van der Waals surface area contributed by atoms with Crippen LogP contribution in [-0.4, -0.2) is 18.1 Å². The summed E-state index contributed by atoms with van der Waals surface area (Å²) < 4.78 is 7.07. The molecule has 0 saturated heterocycles. The summed E-state index contributed by atoms with van der Waals surface area (Å²) in [5.41, 5.74) is 6.51. The highest BCUT2D eigenvalue weighted by atomic mass is 32.1. The monoisotopic (exact) mass is 262 g/mol. The molecule has 2 aromatic rings. The lowest BCUT2D eigenvalue weighted by Gasteiger charge is -2.05. The maximum absolute atomic E-state index is 5.82. The summed E-state index contributed by atoms with van der Waals surface area (Å²) in [5.74, 6) is 1.64. The zero-order chi connectivity index (χ0) is 12.4. The third kappa shape index (κ3) is 2.49. The van der Waals surface area contributed by atoms with Gasteiger partial charge in [-0.25, -0.2) is 4.98 Å². The standard InChI is InChI=1S/C14H18N2OS/c15-8-1-2-9-17-11-4-3-5-12-13(11)16-14(18-12)10-6-7-10/h3-5,10H,1-2,6-9,15H2. The highest BCUT2D eigenvalue weighted by Gasteiger charge is 2.27. The Morgan fingerprint density at radius 1 is 1.33 bits per heavy atom. The van der Waals surface area contributed by atoms with Crippen molar-refractivity contribution in [1.82, 2.24) is 4.98 Å². The van der Waals surface area contributed by atoms with Crippen LogP contribution in [0.15, 0.2) is 18.2 Å². The van der Waals surface area contributed by atoms with Crippen molar-refractivity contribution in [3.63, 3.8) is 0 Å². The number of ether oxygens (including phenoxy) is 1. The molecule has 0 atom stereocenters. The average molecular weight is 262 g/mol. The van der Waals surface area contributed by atoms with Crippen LogP contribution in [0.4, 0.5) is 0 Å². The summed E-state index contributed by atoms with van der Waals surface area (Å²) in [6.07, 6.45) is 4.62. The van der Waals surface area contributed by atoms with Crippen LogP contribution in [0.25, 0.3) is 10.2 Å². The van der Waals surface area contributed by atoms with E-state index in [1.54, 1.807) is 0 Å². The number of rotatable bonds is 6. The molecule has 1 saturated carbocycles. The minimum absolute atomic E-state index is 0.715. The van der Waals surface area contributed by atoms with Crippen molar-refractivity contribution in [2.24, 2.45) is 5.73 Å². The molecule has 3 rings (SSSR count). The molecule has 1 aliphatic carbocycles. The number of para-hydroxylation sites is 1. The first-order valence-electron chi connectivity index (χ1n) is 6.61.